The Morgan fingerprint density at radius 1 is 0.960 bits per heavy atom. The van der Waals surface area contributed by atoms with Gasteiger partial charge in [-0.2, -0.15) is 0 Å². The van der Waals surface area contributed by atoms with Gasteiger partial charge in [-0.1, -0.05) is 74.4 Å². The summed E-state index contributed by atoms with van der Waals surface area (Å²) in [6, 6.07) is 8.80. The number of aliphatic hydroxyl groups excluding tert-OH is 1. The van der Waals surface area contributed by atoms with E-state index in [1.54, 1.807) is 38.1 Å². The van der Waals surface area contributed by atoms with Crippen molar-refractivity contribution in [2.75, 3.05) is 6.61 Å². The van der Waals surface area contributed by atoms with Crippen LogP contribution in [-0.4, -0.2) is 57.6 Å². The lowest BCUT2D eigenvalue weighted by molar-refractivity contribution is -0.165. The lowest BCUT2D eigenvalue weighted by Gasteiger charge is -2.60. The van der Waals surface area contributed by atoms with Gasteiger partial charge in [0.15, 0.2) is 22.8 Å². The molecule has 3 fully saturated rings. The third-order valence-corrected chi connectivity index (χ3v) is 13.0. The highest BCUT2D eigenvalue weighted by Crippen LogP contribution is 2.70. The van der Waals surface area contributed by atoms with Crippen molar-refractivity contribution in [2.24, 2.45) is 33.5 Å². The van der Waals surface area contributed by atoms with Crippen LogP contribution in [0.25, 0.3) is 0 Å². The van der Waals surface area contributed by atoms with Crippen molar-refractivity contribution in [2.45, 2.75) is 138 Å². The first-order valence-electron chi connectivity index (χ1n) is 18.5. The smallest absolute Gasteiger partial charge is 0.184 e. The Bertz CT molecular complexity index is 1610. The number of benzene rings is 1. The number of rotatable bonds is 11. The maximum absolute atomic E-state index is 15.9. The molecule has 274 valence electrons. The Balaban J connectivity index is 1.84. The molecule has 1 spiro atoms. The average Bonchev–Trinajstić information content (AvgIpc) is 3.48. The molecule has 0 aromatic heterocycles. The topological polar surface area (TPSA) is 110 Å². The van der Waals surface area contributed by atoms with Crippen LogP contribution in [0.4, 0.5) is 0 Å². The molecule has 1 aromatic rings. The summed E-state index contributed by atoms with van der Waals surface area (Å²) in [6.45, 7) is 21.4. The van der Waals surface area contributed by atoms with Gasteiger partial charge in [-0.05, 0) is 97.8 Å². The second kappa shape index (κ2) is 13.0. The number of aliphatic hydroxyl groups is 2. The minimum absolute atomic E-state index is 0.0824. The Labute approximate surface area is 299 Å². The summed E-state index contributed by atoms with van der Waals surface area (Å²) in [5, 5.41) is 21.9. The van der Waals surface area contributed by atoms with Gasteiger partial charge >= 0.3 is 0 Å². The number of carbonyl (C=O) groups is 3. The van der Waals surface area contributed by atoms with E-state index in [9.17, 15) is 10.2 Å². The minimum atomic E-state index is -2.02. The van der Waals surface area contributed by atoms with Crippen molar-refractivity contribution < 1.29 is 34.1 Å². The van der Waals surface area contributed by atoms with Crippen molar-refractivity contribution in [1.29, 1.82) is 0 Å². The van der Waals surface area contributed by atoms with Gasteiger partial charge < -0.3 is 19.7 Å². The van der Waals surface area contributed by atoms with Gasteiger partial charge in [0.1, 0.15) is 11.9 Å². The molecule has 0 unspecified atom stereocenters. The van der Waals surface area contributed by atoms with E-state index in [4.69, 9.17) is 9.47 Å². The third kappa shape index (κ3) is 5.80. The molecule has 2 aliphatic heterocycles. The average molecular weight is 689 g/mol. The molecule has 2 bridgehead atoms. The van der Waals surface area contributed by atoms with Crippen LogP contribution in [0.3, 0.4) is 0 Å². The highest BCUT2D eigenvalue weighted by atomic mass is 16.5. The first kappa shape index (κ1) is 38.4. The summed E-state index contributed by atoms with van der Waals surface area (Å²) in [5.74, 6) is -1.45. The number of hydrogen-bond acceptors (Lipinski definition) is 7. The molecule has 2 N–H and O–H groups in total. The van der Waals surface area contributed by atoms with Gasteiger partial charge in [-0.3, -0.25) is 14.4 Å². The summed E-state index contributed by atoms with van der Waals surface area (Å²) in [7, 11) is 0. The zero-order valence-corrected chi connectivity index (χ0v) is 32.2. The van der Waals surface area contributed by atoms with Gasteiger partial charge in [0.25, 0.3) is 0 Å². The van der Waals surface area contributed by atoms with Crippen molar-refractivity contribution in [1.82, 2.24) is 0 Å². The van der Waals surface area contributed by atoms with E-state index in [1.165, 1.54) is 0 Å². The van der Waals surface area contributed by atoms with E-state index in [1.807, 2.05) is 68.4 Å². The first-order chi connectivity index (χ1) is 23.1. The Morgan fingerprint density at radius 2 is 1.58 bits per heavy atom. The number of hydrogen-bond donors (Lipinski definition) is 2. The fourth-order valence-corrected chi connectivity index (χ4v) is 10.1. The lowest BCUT2D eigenvalue weighted by atomic mass is 9.38. The zero-order chi connectivity index (χ0) is 37.2. The second-order valence-electron chi connectivity index (χ2n) is 18.1. The minimum Gasteiger partial charge on any atom is -0.490 e. The fraction of sp³-hybridized carbons (Fsp3) is 0.651. The molecule has 50 heavy (non-hydrogen) atoms. The van der Waals surface area contributed by atoms with Gasteiger partial charge in [-0.15, -0.1) is 0 Å². The van der Waals surface area contributed by atoms with E-state index >= 15 is 14.4 Å². The maximum Gasteiger partial charge on any atom is 0.184 e. The number of fused-ring (bicyclic) bond motifs is 1. The molecule has 0 radical (unpaired) electrons. The molecule has 1 saturated carbocycles. The highest BCUT2D eigenvalue weighted by molar-refractivity contribution is 6.36. The van der Waals surface area contributed by atoms with Crippen LogP contribution >= 0.6 is 0 Å². The molecular formula is C43H60O7. The molecule has 2 aliphatic carbocycles. The molecule has 4 aliphatic rings. The van der Waals surface area contributed by atoms with Crippen LogP contribution < -0.4 is 0 Å². The number of Topliss-reactive ketones (excluding diaryl/α,β-unsaturated/α-hetero) is 3. The standard InChI is InChI=1S/C43H60O7/c1-26(2)16-15-21-41(11)29(20-19-27(3)4)23-42-24-33(39(7,8)48)49-36(42)30(22-32-38(5,6)31(25-44)40(9,10)50-32)35(46)43(41,37(42)47)34(45)28-17-13-12-14-18-28/h12-14,16-19,29,31-33,44,48H,15,20-25H2,1-11H3/t29-,31-,32-,33-,41+,42-,43+/m0/s1. The van der Waals surface area contributed by atoms with Gasteiger partial charge in [0, 0.05) is 36.5 Å². The molecule has 1 aromatic carbocycles. The van der Waals surface area contributed by atoms with Crippen LogP contribution in [0, 0.1) is 33.5 Å². The van der Waals surface area contributed by atoms with Crippen molar-refractivity contribution in [3.63, 3.8) is 0 Å². The van der Waals surface area contributed by atoms with Crippen LogP contribution in [0.5, 0.6) is 0 Å². The highest BCUT2D eigenvalue weighted by Gasteiger charge is 2.78. The van der Waals surface area contributed by atoms with Gasteiger partial charge in [0.05, 0.1) is 22.7 Å². The van der Waals surface area contributed by atoms with Crippen LogP contribution in [0.2, 0.25) is 0 Å². The number of ether oxygens (including phenoxy) is 2. The molecule has 7 atom stereocenters. The summed E-state index contributed by atoms with van der Waals surface area (Å²) in [5.41, 5.74) is -3.95. The second-order valence-corrected chi connectivity index (χ2v) is 18.1. The molecule has 0 amide bonds. The molecule has 2 heterocycles. The summed E-state index contributed by atoms with van der Waals surface area (Å²) >= 11 is 0. The normalized spacial score (nSPS) is 34.3. The number of allylic oxidation sites excluding steroid dienone is 5. The lowest BCUT2D eigenvalue weighted by Crippen LogP contribution is -2.70. The molecule has 2 saturated heterocycles. The quantitative estimate of drug-likeness (QED) is 0.137. The first-order valence-corrected chi connectivity index (χ1v) is 18.5. The Kier molecular flexibility index (Phi) is 9.95. The molecular weight excluding hydrogens is 628 g/mol. The Morgan fingerprint density at radius 3 is 2.12 bits per heavy atom. The van der Waals surface area contributed by atoms with Crippen molar-refractivity contribution >= 4 is 17.3 Å². The van der Waals surface area contributed by atoms with Crippen molar-refractivity contribution in [3.8, 4) is 0 Å². The Hall–Kier alpha value is -2.87. The van der Waals surface area contributed by atoms with E-state index in [-0.39, 0.29) is 37.1 Å². The fourth-order valence-electron chi connectivity index (χ4n) is 10.1. The predicted molar refractivity (Wildman–Crippen MR) is 195 cm³/mol. The predicted octanol–water partition coefficient (Wildman–Crippen LogP) is 8.14. The zero-order valence-electron chi connectivity index (χ0n) is 32.2. The van der Waals surface area contributed by atoms with E-state index < -0.39 is 56.6 Å². The maximum atomic E-state index is 15.9. The number of ketones is 3. The van der Waals surface area contributed by atoms with Crippen LogP contribution in [0.1, 0.15) is 125 Å². The molecule has 7 heteroatoms. The van der Waals surface area contributed by atoms with E-state index in [0.29, 0.717) is 42.6 Å². The summed E-state index contributed by atoms with van der Waals surface area (Å²) in [6.07, 6.45) is 5.42. The van der Waals surface area contributed by atoms with Gasteiger partial charge in [-0.25, -0.2) is 0 Å². The molecule has 5 rings (SSSR count). The summed E-state index contributed by atoms with van der Waals surface area (Å²) in [4.78, 5) is 47.2. The SMILES string of the molecule is CC(C)=CCC[C@]1(C)[C@@H](CC=C(C)C)C[C@]23C[C@@H](C(C)(C)O)OC2=C(C[C@@H]2OC(C)(C)[C@@H](CO)C2(C)C)C(=O)[C@]1(C(=O)c1ccccc1)C3=O. The van der Waals surface area contributed by atoms with Crippen LogP contribution in [0.15, 0.2) is 65.0 Å². The van der Waals surface area contributed by atoms with Crippen molar-refractivity contribution in [3.05, 3.63) is 70.5 Å². The monoisotopic (exact) mass is 688 g/mol. The number of carbonyl (C=O) groups excluding carboxylic acids is 3. The van der Waals surface area contributed by atoms with Gasteiger partial charge in [0.2, 0.25) is 0 Å². The van der Waals surface area contributed by atoms with E-state index in [2.05, 4.69) is 12.2 Å². The molecule has 7 nitrogen and oxygen atoms in total. The third-order valence-electron chi connectivity index (χ3n) is 13.0. The van der Waals surface area contributed by atoms with E-state index in [0.717, 1.165) is 11.1 Å². The van der Waals surface area contributed by atoms with Crippen LogP contribution in [-0.2, 0) is 19.1 Å². The summed E-state index contributed by atoms with van der Waals surface area (Å²) < 4.78 is 13.4. The largest absolute Gasteiger partial charge is 0.490 e.